The summed E-state index contributed by atoms with van der Waals surface area (Å²) in [4.78, 5) is 27.8. The third-order valence-electron chi connectivity index (χ3n) is 6.19. The Morgan fingerprint density at radius 2 is 2.03 bits per heavy atom. The summed E-state index contributed by atoms with van der Waals surface area (Å²) < 4.78 is 16.3. The minimum atomic E-state index is -1.02. The number of carbonyl (C=O) groups is 2. The Labute approximate surface area is 177 Å². The molecule has 2 unspecified atom stereocenters. The predicted molar refractivity (Wildman–Crippen MR) is 110 cm³/mol. The first kappa shape index (κ1) is 21.3. The summed E-state index contributed by atoms with van der Waals surface area (Å²) in [6, 6.07) is 2.74. The maximum atomic E-state index is 12.9. The van der Waals surface area contributed by atoms with Crippen LogP contribution in [0.15, 0.2) is 12.1 Å². The molecule has 9 heteroatoms. The number of ether oxygens (including phenoxy) is 2. The first-order chi connectivity index (χ1) is 14.3. The van der Waals surface area contributed by atoms with Crippen LogP contribution >= 0.6 is 0 Å². The second-order valence-corrected chi connectivity index (χ2v) is 8.71. The normalized spacial score (nSPS) is 23.7. The van der Waals surface area contributed by atoms with Gasteiger partial charge in [-0.05, 0) is 35.5 Å². The molecule has 3 atom stereocenters. The largest absolute Gasteiger partial charge is 0.492 e. The van der Waals surface area contributed by atoms with Crippen LogP contribution < -0.4 is 10.8 Å². The van der Waals surface area contributed by atoms with Crippen LogP contribution in [-0.4, -0.2) is 73.4 Å². The van der Waals surface area contributed by atoms with Gasteiger partial charge in [-0.3, -0.25) is 9.69 Å². The van der Waals surface area contributed by atoms with E-state index >= 15 is 0 Å². The molecule has 1 aromatic rings. The van der Waals surface area contributed by atoms with Crippen LogP contribution in [-0.2, 0) is 25.5 Å². The third kappa shape index (κ3) is 4.25. The number of rotatable bonds is 7. The third-order valence-corrected chi connectivity index (χ3v) is 6.19. The van der Waals surface area contributed by atoms with E-state index in [4.69, 9.17) is 14.1 Å². The average molecular weight is 416 g/mol. The summed E-state index contributed by atoms with van der Waals surface area (Å²) in [6.07, 6.45) is 1.77. The molecule has 4 aliphatic heterocycles. The Kier molecular flexibility index (Phi) is 6.15. The number of carbonyl (C=O) groups excluding carboxylic acids is 2. The van der Waals surface area contributed by atoms with Crippen molar-refractivity contribution in [2.24, 2.45) is 5.92 Å². The molecule has 3 fully saturated rings. The van der Waals surface area contributed by atoms with Crippen molar-refractivity contribution in [2.45, 2.75) is 52.0 Å². The Bertz CT molecular complexity index is 816. The van der Waals surface area contributed by atoms with Crippen molar-refractivity contribution in [1.29, 1.82) is 0 Å². The molecule has 2 N–H and O–H groups in total. The molecule has 1 aromatic carbocycles. The van der Waals surface area contributed by atoms with Crippen molar-refractivity contribution < 1.29 is 28.7 Å². The highest BCUT2D eigenvalue weighted by atomic mass is 16.5. The fourth-order valence-corrected chi connectivity index (χ4v) is 4.46. The van der Waals surface area contributed by atoms with E-state index in [2.05, 4.69) is 10.2 Å². The van der Waals surface area contributed by atoms with Crippen molar-refractivity contribution >= 4 is 24.5 Å². The second-order valence-electron chi connectivity index (χ2n) is 8.71. The van der Waals surface area contributed by atoms with Crippen molar-refractivity contribution in [3.8, 4) is 0 Å². The van der Waals surface area contributed by atoms with Crippen molar-refractivity contribution in [1.82, 2.24) is 10.2 Å². The number of hydrogen-bond acceptors (Lipinski definition) is 7. The smallest absolute Gasteiger partial charge is 0.463 e. The molecular weight excluding hydrogens is 387 g/mol. The number of fused-ring (bicyclic) bond motifs is 3. The fourth-order valence-electron chi connectivity index (χ4n) is 4.46. The lowest BCUT2D eigenvalue weighted by Gasteiger charge is -2.47. The summed E-state index contributed by atoms with van der Waals surface area (Å²) in [5.41, 5.74) is 2.59. The number of esters is 1. The van der Waals surface area contributed by atoms with E-state index in [0.717, 1.165) is 25.1 Å². The van der Waals surface area contributed by atoms with Gasteiger partial charge in [-0.15, -0.1) is 0 Å². The standard InChI is InChI=1S/C21H29BN2O6/c1-12(2)19(21(26)28-7-6-24-9-15-8-16(10-24)30-15)23-20(25)17-5-4-14-11-29-22(27)18(14)13(17)3/h4-5,12,15-16,19,27H,6-11H2,1-3H3,(H,23,25)/t15?,16?,19-/m0/s1. The van der Waals surface area contributed by atoms with Crippen LogP contribution in [0, 0.1) is 12.8 Å². The number of benzene rings is 1. The van der Waals surface area contributed by atoms with Gasteiger partial charge in [-0.1, -0.05) is 19.9 Å². The van der Waals surface area contributed by atoms with Gasteiger partial charge in [0.2, 0.25) is 0 Å². The first-order valence-electron chi connectivity index (χ1n) is 10.6. The average Bonchev–Trinajstić information content (AvgIpc) is 3.07. The number of nitrogens with one attached hydrogen (secondary N) is 1. The molecule has 30 heavy (non-hydrogen) atoms. The number of nitrogens with zero attached hydrogens (tertiary/aromatic N) is 1. The molecule has 0 aliphatic carbocycles. The van der Waals surface area contributed by atoms with Gasteiger partial charge in [0.15, 0.2) is 0 Å². The number of hydrogen-bond donors (Lipinski definition) is 2. The topological polar surface area (TPSA) is 97.3 Å². The zero-order valence-electron chi connectivity index (χ0n) is 17.7. The zero-order valence-corrected chi connectivity index (χ0v) is 17.7. The van der Waals surface area contributed by atoms with Gasteiger partial charge >= 0.3 is 13.1 Å². The van der Waals surface area contributed by atoms with Crippen LogP contribution in [0.3, 0.4) is 0 Å². The molecule has 4 aliphatic rings. The minimum Gasteiger partial charge on any atom is -0.463 e. The van der Waals surface area contributed by atoms with Gasteiger partial charge in [-0.2, -0.15) is 0 Å². The van der Waals surface area contributed by atoms with Crippen LogP contribution in [0.2, 0.25) is 0 Å². The first-order valence-corrected chi connectivity index (χ1v) is 10.6. The lowest BCUT2D eigenvalue weighted by Crippen LogP contribution is -2.57. The maximum absolute atomic E-state index is 12.9. The molecule has 0 saturated carbocycles. The Morgan fingerprint density at radius 3 is 2.70 bits per heavy atom. The van der Waals surface area contributed by atoms with Gasteiger partial charge < -0.3 is 24.5 Å². The Morgan fingerprint density at radius 1 is 1.33 bits per heavy atom. The van der Waals surface area contributed by atoms with Crippen molar-refractivity contribution in [3.05, 3.63) is 28.8 Å². The summed E-state index contributed by atoms with van der Waals surface area (Å²) >= 11 is 0. The van der Waals surface area contributed by atoms with E-state index in [0.29, 0.717) is 48.6 Å². The zero-order chi connectivity index (χ0) is 21.4. The van der Waals surface area contributed by atoms with Crippen molar-refractivity contribution in [2.75, 3.05) is 26.2 Å². The summed E-state index contributed by atoms with van der Waals surface area (Å²) in [5.74, 6) is -0.918. The quantitative estimate of drug-likeness (QED) is 0.477. The minimum absolute atomic E-state index is 0.124. The van der Waals surface area contributed by atoms with Gasteiger partial charge in [0.25, 0.3) is 5.91 Å². The SMILES string of the molecule is Cc1c(C(=O)N[C@H](C(=O)OCCN2CC3CC(C2)O3)C(C)C)ccc2c1B(O)OC2. The van der Waals surface area contributed by atoms with Gasteiger partial charge in [0, 0.05) is 31.6 Å². The highest BCUT2D eigenvalue weighted by Crippen LogP contribution is 2.27. The highest BCUT2D eigenvalue weighted by molar-refractivity contribution is 6.62. The molecule has 4 heterocycles. The number of morpholine rings is 1. The molecule has 3 saturated heterocycles. The molecule has 1 amide bonds. The van der Waals surface area contributed by atoms with E-state index in [1.807, 2.05) is 13.8 Å². The van der Waals surface area contributed by atoms with Crippen LogP contribution in [0.5, 0.6) is 0 Å². The van der Waals surface area contributed by atoms with Gasteiger partial charge in [0.1, 0.15) is 12.6 Å². The molecule has 5 rings (SSSR count). The highest BCUT2D eigenvalue weighted by Gasteiger charge is 2.38. The molecule has 0 aromatic heterocycles. The monoisotopic (exact) mass is 416 g/mol. The van der Waals surface area contributed by atoms with Crippen LogP contribution in [0.4, 0.5) is 0 Å². The van der Waals surface area contributed by atoms with Crippen LogP contribution in [0.25, 0.3) is 0 Å². The fraction of sp³-hybridized carbons (Fsp3) is 0.619. The maximum Gasteiger partial charge on any atom is 0.492 e. The van der Waals surface area contributed by atoms with E-state index in [1.165, 1.54) is 0 Å². The molecule has 0 radical (unpaired) electrons. The summed E-state index contributed by atoms with van der Waals surface area (Å²) in [5, 5.41) is 12.8. The van der Waals surface area contributed by atoms with Crippen molar-refractivity contribution in [3.63, 3.8) is 0 Å². The molecular formula is C21H29BN2O6. The van der Waals surface area contributed by atoms with Gasteiger partial charge in [-0.25, -0.2) is 4.79 Å². The summed E-state index contributed by atoms with van der Waals surface area (Å²) in [7, 11) is -1.02. The number of piperidine rings is 1. The van der Waals surface area contributed by atoms with E-state index in [9.17, 15) is 14.6 Å². The molecule has 0 spiro atoms. The van der Waals surface area contributed by atoms with Gasteiger partial charge in [0.05, 0.1) is 18.8 Å². The van der Waals surface area contributed by atoms with E-state index in [-0.39, 0.29) is 11.8 Å². The lowest BCUT2D eigenvalue weighted by molar-refractivity contribution is -0.183. The molecule has 8 nitrogen and oxygen atoms in total. The Balaban J connectivity index is 1.34. The molecule has 2 bridgehead atoms. The van der Waals surface area contributed by atoms with E-state index in [1.54, 1.807) is 19.1 Å². The van der Waals surface area contributed by atoms with E-state index < -0.39 is 19.1 Å². The lowest BCUT2D eigenvalue weighted by atomic mass is 9.75. The predicted octanol–water partition coefficient (Wildman–Crippen LogP) is -0.0166. The molecule has 162 valence electrons. The Hall–Kier alpha value is -1.94. The summed E-state index contributed by atoms with van der Waals surface area (Å²) in [6.45, 7) is 8.56. The van der Waals surface area contributed by atoms with Crippen LogP contribution in [0.1, 0.15) is 41.8 Å². The number of amides is 1. The second kappa shape index (κ2) is 8.67.